The smallest absolute Gasteiger partial charge is 0.219 e. The normalized spacial score (nSPS) is 19.5. The first-order valence-corrected chi connectivity index (χ1v) is 13.9. The van der Waals surface area contributed by atoms with Crippen molar-refractivity contribution in [3.63, 3.8) is 0 Å². The average molecular weight is 505 g/mol. The summed E-state index contributed by atoms with van der Waals surface area (Å²) in [7, 11) is -3.15. The highest BCUT2D eigenvalue weighted by molar-refractivity contribution is 7.88. The molecule has 0 amide bonds. The summed E-state index contributed by atoms with van der Waals surface area (Å²) in [5.74, 6) is 1.67. The minimum absolute atomic E-state index is 0.141. The average Bonchev–Trinajstić information content (AvgIpc) is 3.28. The summed E-state index contributed by atoms with van der Waals surface area (Å²) < 4.78 is 31.9. The highest BCUT2D eigenvalue weighted by Crippen LogP contribution is 2.38. The zero-order valence-corrected chi connectivity index (χ0v) is 20.8. The molecule has 34 heavy (non-hydrogen) atoms. The molecule has 0 aromatic carbocycles. The number of piperazine rings is 1. The van der Waals surface area contributed by atoms with Crippen LogP contribution in [0.4, 0.5) is 11.8 Å². The van der Waals surface area contributed by atoms with Gasteiger partial charge in [0.15, 0.2) is 11.6 Å². The van der Waals surface area contributed by atoms with E-state index >= 15 is 0 Å². The van der Waals surface area contributed by atoms with Crippen LogP contribution < -0.4 is 10.6 Å². The van der Waals surface area contributed by atoms with Crippen LogP contribution in [-0.4, -0.2) is 96.3 Å². The minimum Gasteiger partial charge on any atom is -0.378 e. The predicted octanol–water partition coefficient (Wildman–Crippen LogP) is 1.21. The van der Waals surface area contributed by atoms with E-state index in [4.69, 9.17) is 20.4 Å². The van der Waals surface area contributed by atoms with Gasteiger partial charge in [0, 0.05) is 62.6 Å². The van der Waals surface area contributed by atoms with E-state index in [0.717, 1.165) is 29.1 Å². The second-order valence-electron chi connectivity index (χ2n) is 8.54. The molecule has 0 radical (unpaired) electrons. The Morgan fingerprint density at radius 3 is 2.38 bits per heavy atom. The largest absolute Gasteiger partial charge is 0.378 e. The number of sulfonamides is 1. The SMILES string of the molecule is CC(c1cc2nc(-c3cnc(N)nc3)nc(N3CCOCC3)c2s1)N1CCN(S(C)(=O)=O)CC1. The van der Waals surface area contributed by atoms with Crippen molar-refractivity contribution in [2.75, 3.05) is 69.4 Å². The first-order chi connectivity index (χ1) is 16.3. The Balaban J connectivity index is 1.49. The Kier molecular flexibility index (Phi) is 6.37. The summed E-state index contributed by atoms with van der Waals surface area (Å²) in [6, 6.07) is 2.27. The first kappa shape index (κ1) is 23.3. The maximum Gasteiger partial charge on any atom is 0.219 e. The third kappa shape index (κ3) is 4.70. The number of rotatable bonds is 5. The lowest BCUT2D eigenvalue weighted by Crippen LogP contribution is -2.48. The molecule has 13 heteroatoms. The van der Waals surface area contributed by atoms with Gasteiger partial charge in [-0.1, -0.05) is 0 Å². The van der Waals surface area contributed by atoms with Crippen molar-refractivity contribution in [1.29, 1.82) is 0 Å². The molecule has 0 saturated carbocycles. The third-order valence-corrected chi connectivity index (χ3v) is 8.91. The van der Waals surface area contributed by atoms with Gasteiger partial charge in [0.25, 0.3) is 0 Å². The Morgan fingerprint density at radius 2 is 1.74 bits per heavy atom. The molecule has 5 heterocycles. The first-order valence-electron chi connectivity index (χ1n) is 11.2. The molecule has 3 aromatic rings. The van der Waals surface area contributed by atoms with Gasteiger partial charge in [-0.2, -0.15) is 4.31 Å². The van der Waals surface area contributed by atoms with Gasteiger partial charge >= 0.3 is 0 Å². The second-order valence-corrected chi connectivity index (χ2v) is 11.6. The number of morpholine rings is 1. The van der Waals surface area contributed by atoms with E-state index in [-0.39, 0.29) is 12.0 Å². The van der Waals surface area contributed by atoms with Gasteiger partial charge < -0.3 is 15.4 Å². The minimum atomic E-state index is -3.15. The van der Waals surface area contributed by atoms with Crippen molar-refractivity contribution in [1.82, 2.24) is 29.1 Å². The zero-order chi connectivity index (χ0) is 23.9. The van der Waals surface area contributed by atoms with Crippen LogP contribution >= 0.6 is 11.3 Å². The molecule has 1 atom stereocenters. The molecule has 3 aromatic heterocycles. The molecule has 0 bridgehead atoms. The maximum atomic E-state index is 11.9. The van der Waals surface area contributed by atoms with Gasteiger partial charge in [0.1, 0.15) is 0 Å². The number of nitrogens with two attached hydrogens (primary N) is 1. The molecule has 11 nitrogen and oxygen atoms in total. The number of nitrogen functional groups attached to an aromatic ring is 1. The summed E-state index contributed by atoms with van der Waals surface area (Å²) in [5.41, 5.74) is 7.25. The molecule has 2 fully saturated rings. The fraction of sp³-hybridized carbons (Fsp3) is 0.524. The Labute approximate surface area is 202 Å². The lowest BCUT2D eigenvalue weighted by atomic mass is 10.2. The van der Waals surface area contributed by atoms with Crippen LogP contribution in [0.5, 0.6) is 0 Å². The van der Waals surface area contributed by atoms with Crippen molar-refractivity contribution in [2.45, 2.75) is 13.0 Å². The lowest BCUT2D eigenvalue weighted by Gasteiger charge is -2.36. The molecular formula is C21H28N8O3S2. The van der Waals surface area contributed by atoms with Gasteiger partial charge in [-0.15, -0.1) is 11.3 Å². The topological polar surface area (TPSA) is 131 Å². The number of fused-ring (bicyclic) bond motifs is 1. The third-order valence-electron chi connectivity index (χ3n) is 6.32. The van der Waals surface area contributed by atoms with Gasteiger partial charge in [0.2, 0.25) is 16.0 Å². The zero-order valence-electron chi connectivity index (χ0n) is 19.2. The maximum absolute atomic E-state index is 11.9. The second kappa shape index (κ2) is 9.30. The van der Waals surface area contributed by atoms with Crippen molar-refractivity contribution in [3.8, 4) is 11.4 Å². The molecule has 2 aliphatic heterocycles. The lowest BCUT2D eigenvalue weighted by molar-refractivity contribution is 0.122. The molecule has 0 aliphatic carbocycles. The molecule has 1 unspecified atom stereocenters. The number of aromatic nitrogens is 4. The standard InChI is InChI=1S/C21H28N8O3S2/c1-14(27-3-5-29(6-4-27)34(2,30)31)17-11-16-18(33-17)20(28-7-9-32-10-8-28)26-19(25-16)15-12-23-21(22)24-13-15/h11-14H,3-10H2,1-2H3,(H2,22,23,24). The summed E-state index contributed by atoms with van der Waals surface area (Å²) in [6.07, 6.45) is 4.56. The van der Waals surface area contributed by atoms with Crippen LogP contribution in [0.25, 0.3) is 21.6 Å². The quantitative estimate of drug-likeness (QED) is 0.541. The van der Waals surface area contributed by atoms with Crippen LogP contribution in [-0.2, 0) is 14.8 Å². The molecule has 2 aliphatic rings. The monoisotopic (exact) mass is 504 g/mol. The summed E-state index contributed by atoms with van der Waals surface area (Å²) in [4.78, 5) is 23.7. The van der Waals surface area contributed by atoms with Crippen LogP contribution in [0.1, 0.15) is 17.8 Å². The fourth-order valence-electron chi connectivity index (χ4n) is 4.31. The van der Waals surface area contributed by atoms with Crippen LogP contribution in [0.2, 0.25) is 0 Å². The van der Waals surface area contributed by atoms with Gasteiger partial charge in [-0.05, 0) is 13.0 Å². The van der Waals surface area contributed by atoms with E-state index in [1.54, 1.807) is 28.0 Å². The molecular weight excluding hydrogens is 476 g/mol. The van der Waals surface area contributed by atoms with Crippen LogP contribution in [0.15, 0.2) is 18.5 Å². The van der Waals surface area contributed by atoms with Crippen molar-refractivity contribution >= 4 is 43.3 Å². The fourth-order valence-corrected chi connectivity index (χ4v) is 6.34. The molecule has 2 N–H and O–H groups in total. The van der Waals surface area contributed by atoms with E-state index in [1.807, 2.05) is 0 Å². The molecule has 182 valence electrons. The van der Waals surface area contributed by atoms with E-state index in [0.29, 0.717) is 50.8 Å². The number of ether oxygens (including phenoxy) is 1. The number of hydrogen-bond donors (Lipinski definition) is 1. The summed E-state index contributed by atoms with van der Waals surface area (Å²) >= 11 is 1.70. The predicted molar refractivity (Wildman–Crippen MR) is 132 cm³/mol. The van der Waals surface area contributed by atoms with Gasteiger partial charge in [-0.3, -0.25) is 4.90 Å². The van der Waals surface area contributed by atoms with Crippen LogP contribution in [0.3, 0.4) is 0 Å². The van der Waals surface area contributed by atoms with E-state index in [2.05, 4.69) is 32.8 Å². The summed E-state index contributed by atoms with van der Waals surface area (Å²) in [5, 5.41) is 0. The summed E-state index contributed by atoms with van der Waals surface area (Å²) in [6.45, 7) is 7.41. The van der Waals surface area contributed by atoms with Gasteiger partial charge in [0.05, 0.1) is 35.2 Å². The molecule has 2 saturated heterocycles. The highest BCUT2D eigenvalue weighted by atomic mass is 32.2. The number of anilines is 2. The highest BCUT2D eigenvalue weighted by Gasteiger charge is 2.28. The van der Waals surface area contributed by atoms with Crippen molar-refractivity contribution < 1.29 is 13.2 Å². The van der Waals surface area contributed by atoms with E-state index in [9.17, 15) is 8.42 Å². The molecule has 0 spiro atoms. The Hall–Kier alpha value is -2.45. The van der Waals surface area contributed by atoms with Gasteiger partial charge in [-0.25, -0.2) is 28.4 Å². The van der Waals surface area contributed by atoms with Crippen LogP contribution in [0, 0.1) is 0 Å². The Bertz CT molecular complexity index is 1270. The number of hydrogen-bond acceptors (Lipinski definition) is 11. The van der Waals surface area contributed by atoms with E-state index < -0.39 is 10.0 Å². The van der Waals surface area contributed by atoms with E-state index in [1.165, 1.54) is 11.1 Å². The number of thiophene rings is 1. The van der Waals surface area contributed by atoms with Crippen molar-refractivity contribution in [2.24, 2.45) is 0 Å². The number of nitrogens with zero attached hydrogens (tertiary/aromatic N) is 7. The van der Waals surface area contributed by atoms with Crippen molar-refractivity contribution in [3.05, 3.63) is 23.3 Å². The Morgan fingerprint density at radius 1 is 1.06 bits per heavy atom. The molecule has 5 rings (SSSR count).